The van der Waals surface area contributed by atoms with Crippen molar-refractivity contribution in [1.82, 2.24) is 9.88 Å². The van der Waals surface area contributed by atoms with Crippen LogP contribution in [0.4, 0.5) is 0 Å². The molecule has 0 saturated carbocycles. The van der Waals surface area contributed by atoms with Crippen molar-refractivity contribution in [2.75, 3.05) is 20.2 Å². The summed E-state index contributed by atoms with van der Waals surface area (Å²) < 4.78 is 5.76. The molecule has 2 amide bonds. The monoisotopic (exact) mass is 377 g/mol. The van der Waals surface area contributed by atoms with Gasteiger partial charge in [0.25, 0.3) is 11.8 Å². The van der Waals surface area contributed by atoms with E-state index in [4.69, 9.17) is 10.5 Å². The topological polar surface area (TPSA) is 106 Å². The predicted octanol–water partition coefficient (Wildman–Crippen LogP) is 0.727. The van der Waals surface area contributed by atoms with Crippen LogP contribution in [-0.2, 0) is 11.2 Å². The number of aromatic nitrogens is 1. The van der Waals surface area contributed by atoms with Crippen LogP contribution in [0.2, 0.25) is 0 Å². The predicted molar refractivity (Wildman–Crippen MR) is 101 cm³/mol. The number of hydrogen-bond acceptors (Lipinski definition) is 5. The third-order valence-electron chi connectivity index (χ3n) is 5.04. The fraction of sp³-hybridized carbons (Fsp3) is 0.286. The molecule has 1 fully saturated rings. The molecule has 1 saturated heterocycles. The number of pyridine rings is 1. The summed E-state index contributed by atoms with van der Waals surface area (Å²) in [6.45, 7) is 0.990. The highest BCUT2D eigenvalue weighted by atomic mass is 16.5. The number of nitrogens with zero attached hydrogens (tertiary/aromatic N) is 2. The quantitative estimate of drug-likeness (QED) is 0.751. The minimum atomic E-state index is -1.67. The lowest BCUT2D eigenvalue weighted by Gasteiger charge is -2.14. The normalized spacial score (nSPS) is 20.4. The average molecular weight is 377 g/mol. The number of benzene rings is 1. The van der Waals surface area contributed by atoms with Crippen molar-refractivity contribution in [3.8, 4) is 28.7 Å². The summed E-state index contributed by atoms with van der Waals surface area (Å²) in [5.74, 6) is 5.31. The standard InChI is InChI=1S/C21H19N3O4/c1-24-9-7-21(27,20(24)26)6-4-13-11-14-5-10-28-18(14)16(12-13)15-3-2-8-23-17(15)19(22)25/h2-3,8,11-12,27H,5,7,9-10H2,1H3,(H2,22,25)/t21-/m0/s1. The Morgan fingerprint density at radius 1 is 1.39 bits per heavy atom. The van der Waals surface area contributed by atoms with Crippen LogP contribution in [0.5, 0.6) is 5.75 Å². The number of ether oxygens (including phenoxy) is 1. The summed E-state index contributed by atoms with van der Waals surface area (Å²) in [4.78, 5) is 29.5. The minimum Gasteiger partial charge on any atom is -0.492 e. The smallest absolute Gasteiger partial charge is 0.267 e. The molecule has 0 bridgehead atoms. The van der Waals surface area contributed by atoms with Gasteiger partial charge in [-0.05, 0) is 23.8 Å². The summed E-state index contributed by atoms with van der Waals surface area (Å²) >= 11 is 0. The minimum absolute atomic E-state index is 0.150. The number of nitrogens with two attached hydrogens (primary N) is 1. The number of rotatable bonds is 2. The van der Waals surface area contributed by atoms with E-state index < -0.39 is 17.4 Å². The van der Waals surface area contributed by atoms with E-state index >= 15 is 0 Å². The number of likely N-dealkylation sites (tertiary alicyclic amines) is 1. The Bertz CT molecular complexity index is 1050. The number of hydrogen-bond donors (Lipinski definition) is 2. The number of likely N-dealkylation sites (N-methyl/N-ethyl adjacent to an activating group) is 1. The van der Waals surface area contributed by atoms with E-state index in [0.717, 1.165) is 5.56 Å². The van der Waals surface area contributed by atoms with E-state index in [9.17, 15) is 14.7 Å². The second-order valence-corrected chi connectivity index (χ2v) is 6.96. The zero-order chi connectivity index (χ0) is 19.9. The van der Waals surface area contributed by atoms with Gasteiger partial charge in [0.2, 0.25) is 5.60 Å². The lowest BCUT2D eigenvalue weighted by atomic mass is 9.96. The molecule has 2 aliphatic rings. The number of carbonyl (C=O) groups excluding carboxylic acids is 2. The zero-order valence-electron chi connectivity index (χ0n) is 15.4. The molecule has 4 rings (SSSR count). The summed E-state index contributed by atoms with van der Waals surface area (Å²) in [5.41, 5.74) is 6.76. The highest BCUT2D eigenvalue weighted by Crippen LogP contribution is 2.39. The Balaban J connectivity index is 1.82. The van der Waals surface area contributed by atoms with Crippen LogP contribution >= 0.6 is 0 Å². The molecule has 1 atom stereocenters. The molecular formula is C21H19N3O4. The Morgan fingerprint density at radius 3 is 2.93 bits per heavy atom. The number of amides is 2. The molecule has 2 aromatic rings. The Morgan fingerprint density at radius 2 is 2.21 bits per heavy atom. The van der Waals surface area contributed by atoms with Gasteiger partial charge in [0.05, 0.1) is 6.61 Å². The van der Waals surface area contributed by atoms with E-state index in [1.54, 1.807) is 25.2 Å². The molecule has 3 heterocycles. The molecule has 7 heteroatoms. The second-order valence-electron chi connectivity index (χ2n) is 6.96. The van der Waals surface area contributed by atoms with Crippen molar-refractivity contribution < 1.29 is 19.4 Å². The first kappa shape index (κ1) is 18.0. The van der Waals surface area contributed by atoms with E-state index in [1.807, 2.05) is 6.07 Å². The van der Waals surface area contributed by atoms with E-state index in [-0.39, 0.29) is 12.1 Å². The Hall–Kier alpha value is -3.37. The highest BCUT2D eigenvalue weighted by Gasteiger charge is 2.42. The summed E-state index contributed by atoms with van der Waals surface area (Å²) in [7, 11) is 1.64. The molecule has 7 nitrogen and oxygen atoms in total. The van der Waals surface area contributed by atoms with E-state index in [0.29, 0.717) is 42.0 Å². The molecule has 2 aliphatic heterocycles. The maximum absolute atomic E-state index is 12.1. The Labute approximate surface area is 162 Å². The van der Waals surface area contributed by atoms with Gasteiger partial charge in [0, 0.05) is 49.3 Å². The molecule has 0 unspecified atom stereocenters. The maximum atomic E-state index is 12.1. The van der Waals surface area contributed by atoms with Crippen molar-refractivity contribution >= 4 is 11.8 Å². The number of carbonyl (C=O) groups is 2. The third kappa shape index (κ3) is 2.98. The first-order chi connectivity index (χ1) is 13.4. The van der Waals surface area contributed by atoms with Gasteiger partial charge >= 0.3 is 0 Å². The third-order valence-corrected chi connectivity index (χ3v) is 5.04. The number of aliphatic hydroxyl groups is 1. The highest BCUT2D eigenvalue weighted by molar-refractivity contribution is 5.99. The molecular weight excluding hydrogens is 358 g/mol. The van der Waals surface area contributed by atoms with Gasteiger partial charge in [-0.3, -0.25) is 14.6 Å². The van der Waals surface area contributed by atoms with Crippen LogP contribution in [0.25, 0.3) is 11.1 Å². The molecule has 0 radical (unpaired) electrons. The van der Waals surface area contributed by atoms with E-state index in [1.165, 1.54) is 11.1 Å². The van der Waals surface area contributed by atoms with Crippen molar-refractivity contribution in [3.05, 3.63) is 47.3 Å². The van der Waals surface area contributed by atoms with Gasteiger partial charge in [0.15, 0.2) is 0 Å². The van der Waals surface area contributed by atoms with Gasteiger partial charge in [-0.15, -0.1) is 0 Å². The fourth-order valence-electron chi connectivity index (χ4n) is 3.54. The first-order valence-corrected chi connectivity index (χ1v) is 8.95. The van der Waals surface area contributed by atoms with Gasteiger partial charge in [-0.2, -0.15) is 0 Å². The molecule has 1 aromatic carbocycles. The van der Waals surface area contributed by atoms with Gasteiger partial charge in [-0.1, -0.05) is 17.9 Å². The van der Waals surface area contributed by atoms with Crippen LogP contribution in [0.15, 0.2) is 30.5 Å². The Kier molecular flexibility index (Phi) is 4.28. The van der Waals surface area contributed by atoms with Crippen molar-refractivity contribution in [1.29, 1.82) is 0 Å². The SMILES string of the molecule is CN1CC[C@@](O)(C#Cc2cc3c(c(-c4cccnc4C(N)=O)c2)OCC3)C1=O. The second kappa shape index (κ2) is 6.66. The first-order valence-electron chi connectivity index (χ1n) is 8.95. The summed E-state index contributed by atoms with van der Waals surface area (Å²) in [6, 6.07) is 7.13. The van der Waals surface area contributed by atoms with Gasteiger partial charge < -0.3 is 20.5 Å². The van der Waals surface area contributed by atoms with Crippen molar-refractivity contribution in [3.63, 3.8) is 0 Å². The lowest BCUT2D eigenvalue weighted by molar-refractivity contribution is -0.137. The molecule has 0 aliphatic carbocycles. The largest absolute Gasteiger partial charge is 0.492 e. The molecule has 1 aromatic heterocycles. The fourth-order valence-corrected chi connectivity index (χ4v) is 3.54. The van der Waals surface area contributed by atoms with E-state index in [2.05, 4.69) is 16.8 Å². The van der Waals surface area contributed by atoms with Crippen LogP contribution in [-0.4, -0.2) is 52.6 Å². The number of primary amides is 1. The van der Waals surface area contributed by atoms with Gasteiger partial charge in [0.1, 0.15) is 11.4 Å². The molecule has 28 heavy (non-hydrogen) atoms. The lowest BCUT2D eigenvalue weighted by Crippen LogP contribution is -2.37. The number of fused-ring (bicyclic) bond motifs is 1. The molecule has 0 spiro atoms. The van der Waals surface area contributed by atoms with Crippen molar-refractivity contribution in [2.24, 2.45) is 5.73 Å². The molecule has 3 N–H and O–H groups in total. The maximum Gasteiger partial charge on any atom is 0.267 e. The van der Waals surface area contributed by atoms with Crippen LogP contribution in [0, 0.1) is 11.8 Å². The summed E-state index contributed by atoms with van der Waals surface area (Å²) in [6.07, 6.45) is 2.48. The van der Waals surface area contributed by atoms with Crippen LogP contribution in [0.3, 0.4) is 0 Å². The van der Waals surface area contributed by atoms with Crippen LogP contribution < -0.4 is 10.5 Å². The van der Waals surface area contributed by atoms with Crippen LogP contribution in [0.1, 0.15) is 28.0 Å². The zero-order valence-corrected chi connectivity index (χ0v) is 15.4. The van der Waals surface area contributed by atoms with Gasteiger partial charge in [-0.25, -0.2) is 0 Å². The van der Waals surface area contributed by atoms with Crippen molar-refractivity contribution in [2.45, 2.75) is 18.4 Å². The molecule has 142 valence electrons. The average Bonchev–Trinajstić information content (AvgIpc) is 3.26. The summed E-state index contributed by atoms with van der Waals surface area (Å²) in [5, 5.41) is 10.5.